The molecule has 0 aromatic carbocycles. The van der Waals surface area contributed by atoms with Gasteiger partial charge in [-0.1, -0.05) is 13.8 Å². The molecule has 2 atom stereocenters. The van der Waals surface area contributed by atoms with Crippen LogP contribution in [-0.2, 0) is 0 Å². The topological polar surface area (TPSA) is 61.4 Å². The molecule has 0 saturated carbocycles. The molecule has 2 rings (SSSR count). The summed E-state index contributed by atoms with van der Waals surface area (Å²) in [7, 11) is 4.12. The fraction of sp³-hybridized carbons (Fsp3) is 0.667. The average molecular weight is 291 g/mol. The van der Waals surface area contributed by atoms with Crippen LogP contribution in [0.5, 0.6) is 0 Å². The van der Waals surface area contributed by atoms with Crippen LogP contribution >= 0.6 is 0 Å². The minimum absolute atomic E-state index is 0.0288. The van der Waals surface area contributed by atoms with Gasteiger partial charge in [0.1, 0.15) is 11.5 Å². The molecule has 6 heteroatoms. The highest BCUT2D eigenvalue weighted by Crippen LogP contribution is 2.21. The summed E-state index contributed by atoms with van der Waals surface area (Å²) < 4.78 is 0. The van der Waals surface area contributed by atoms with E-state index in [1.165, 1.54) is 0 Å². The van der Waals surface area contributed by atoms with Crippen molar-refractivity contribution in [1.82, 2.24) is 19.8 Å². The van der Waals surface area contributed by atoms with E-state index in [0.29, 0.717) is 23.5 Å². The number of amides is 1. The van der Waals surface area contributed by atoms with E-state index < -0.39 is 0 Å². The van der Waals surface area contributed by atoms with E-state index in [1.54, 1.807) is 12.4 Å². The number of likely N-dealkylation sites (N-methyl/N-ethyl adjacent to an activating group) is 1. The van der Waals surface area contributed by atoms with Gasteiger partial charge >= 0.3 is 0 Å². The molecule has 1 aliphatic heterocycles. The largest absolute Gasteiger partial charge is 0.369 e. The molecule has 1 amide bonds. The van der Waals surface area contributed by atoms with Gasteiger partial charge in [-0.15, -0.1) is 0 Å². The molecule has 1 N–H and O–H groups in total. The van der Waals surface area contributed by atoms with Crippen molar-refractivity contribution >= 4 is 11.7 Å². The number of nitrogens with one attached hydrogen (secondary N) is 1. The summed E-state index contributed by atoms with van der Waals surface area (Å²) >= 11 is 0. The monoisotopic (exact) mass is 291 g/mol. The summed E-state index contributed by atoms with van der Waals surface area (Å²) in [6.07, 6.45) is 4.21. The van der Waals surface area contributed by atoms with Crippen LogP contribution in [0.1, 0.15) is 30.8 Å². The number of likely N-dealkylation sites (tertiary alicyclic amines) is 1. The first-order chi connectivity index (χ1) is 10.0. The first kappa shape index (κ1) is 15.7. The molecule has 1 fully saturated rings. The van der Waals surface area contributed by atoms with E-state index in [1.807, 2.05) is 4.90 Å². The number of hydrogen-bond acceptors (Lipinski definition) is 5. The van der Waals surface area contributed by atoms with Gasteiger partial charge < -0.3 is 15.1 Å². The predicted octanol–water partition coefficient (Wildman–Crippen LogP) is 1.32. The lowest BCUT2D eigenvalue weighted by Crippen LogP contribution is -2.36. The highest BCUT2D eigenvalue weighted by Gasteiger charge is 2.34. The lowest BCUT2D eigenvalue weighted by molar-refractivity contribution is 0.0775. The van der Waals surface area contributed by atoms with Gasteiger partial charge in [-0.05, 0) is 26.4 Å². The maximum Gasteiger partial charge on any atom is 0.274 e. The predicted molar refractivity (Wildman–Crippen MR) is 83.4 cm³/mol. The van der Waals surface area contributed by atoms with Gasteiger partial charge in [0.15, 0.2) is 0 Å². The molecule has 1 aliphatic rings. The molecule has 1 aromatic rings. The second kappa shape index (κ2) is 6.85. The van der Waals surface area contributed by atoms with Gasteiger partial charge in [-0.3, -0.25) is 9.78 Å². The Morgan fingerprint density at radius 2 is 2.19 bits per heavy atom. The van der Waals surface area contributed by atoms with Crippen molar-refractivity contribution in [2.45, 2.75) is 26.3 Å². The van der Waals surface area contributed by atoms with Gasteiger partial charge in [-0.25, -0.2) is 4.98 Å². The lowest BCUT2D eigenvalue weighted by Gasteiger charge is -2.22. The van der Waals surface area contributed by atoms with Gasteiger partial charge in [0, 0.05) is 25.7 Å². The standard InChI is InChI=1S/C15H25N5O/c1-5-6-17-14-8-16-7-12(18-14)15(21)20-9-11(2)13(10-20)19(3)4/h7-8,11,13H,5-6,9-10H2,1-4H3,(H,17,18). The number of hydrogen-bond donors (Lipinski definition) is 1. The zero-order valence-electron chi connectivity index (χ0n) is 13.3. The summed E-state index contributed by atoms with van der Waals surface area (Å²) in [5.41, 5.74) is 0.419. The Hall–Kier alpha value is -1.69. The Balaban J connectivity index is 2.07. The number of anilines is 1. The van der Waals surface area contributed by atoms with Crippen molar-refractivity contribution in [1.29, 1.82) is 0 Å². The highest BCUT2D eigenvalue weighted by molar-refractivity contribution is 5.92. The number of aromatic nitrogens is 2. The maximum atomic E-state index is 12.6. The molecule has 6 nitrogen and oxygen atoms in total. The fourth-order valence-corrected chi connectivity index (χ4v) is 2.76. The van der Waals surface area contributed by atoms with Crippen molar-refractivity contribution in [3.8, 4) is 0 Å². The summed E-state index contributed by atoms with van der Waals surface area (Å²) in [6, 6.07) is 0.406. The third-order valence-electron chi connectivity index (χ3n) is 3.93. The Morgan fingerprint density at radius 1 is 1.43 bits per heavy atom. The number of carbonyl (C=O) groups excluding carboxylic acids is 1. The van der Waals surface area contributed by atoms with Gasteiger partial charge in [-0.2, -0.15) is 0 Å². The van der Waals surface area contributed by atoms with E-state index in [-0.39, 0.29) is 5.91 Å². The number of nitrogens with zero attached hydrogens (tertiary/aromatic N) is 4. The molecule has 1 aromatic heterocycles. The van der Waals surface area contributed by atoms with Crippen molar-refractivity contribution in [3.63, 3.8) is 0 Å². The molecule has 0 spiro atoms. The quantitative estimate of drug-likeness (QED) is 0.886. The number of carbonyl (C=O) groups is 1. The second-order valence-electron chi connectivity index (χ2n) is 5.93. The molecule has 0 bridgehead atoms. The first-order valence-corrected chi connectivity index (χ1v) is 7.54. The average Bonchev–Trinajstić information content (AvgIpc) is 2.87. The SMILES string of the molecule is CCCNc1cncc(C(=O)N2CC(C)C(N(C)C)C2)n1. The lowest BCUT2D eigenvalue weighted by atomic mass is 10.1. The Bertz CT molecular complexity index is 491. The maximum absolute atomic E-state index is 12.6. The van der Waals surface area contributed by atoms with Crippen LogP contribution in [0.3, 0.4) is 0 Å². The van der Waals surface area contributed by atoms with Crippen molar-refractivity contribution in [2.75, 3.05) is 39.0 Å². The van der Waals surface area contributed by atoms with Crippen LogP contribution in [0.4, 0.5) is 5.82 Å². The van der Waals surface area contributed by atoms with Crippen LogP contribution < -0.4 is 5.32 Å². The fourth-order valence-electron chi connectivity index (χ4n) is 2.76. The zero-order valence-corrected chi connectivity index (χ0v) is 13.3. The smallest absolute Gasteiger partial charge is 0.274 e. The zero-order chi connectivity index (χ0) is 15.4. The first-order valence-electron chi connectivity index (χ1n) is 7.54. The Kier molecular flexibility index (Phi) is 5.12. The van der Waals surface area contributed by atoms with Crippen molar-refractivity contribution < 1.29 is 4.79 Å². The Morgan fingerprint density at radius 3 is 2.81 bits per heavy atom. The third-order valence-corrected chi connectivity index (χ3v) is 3.93. The van der Waals surface area contributed by atoms with Crippen molar-refractivity contribution in [2.24, 2.45) is 5.92 Å². The Labute approximate surface area is 126 Å². The molecule has 1 saturated heterocycles. The van der Waals surface area contributed by atoms with E-state index in [2.05, 4.69) is 48.1 Å². The van der Waals surface area contributed by atoms with Crippen molar-refractivity contribution in [3.05, 3.63) is 18.1 Å². The van der Waals surface area contributed by atoms with E-state index in [4.69, 9.17) is 0 Å². The number of rotatable bonds is 5. The van der Waals surface area contributed by atoms with Crippen LogP contribution in [-0.4, -0.2) is 65.4 Å². The van der Waals surface area contributed by atoms with E-state index in [9.17, 15) is 4.79 Å². The molecule has 0 aliphatic carbocycles. The summed E-state index contributed by atoms with van der Waals surface area (Å²) in [6.45, 7) is 6.62. The van der Waals surface area contributed by atoms with Crippen LogP contribution in [0.15, 0.2) is 12.4 Å². The molecule has 0 radical (unpaired) electrons. The minimum atomic E-state index is -0.0288. The summed E-state index contributed by atoms with van der Waals surface area (Å²) in [5.74, 6) is 1.11. The molecule has 21 heavy (non-hydrogen) atoms. The second-order valence-corrected chi connectivity index (χ2v) is 5.93. The highest BCUT2D eigenvalue weighted by atomic mass is 16.2. The minimum Gasteiger partial charge on any atom is -0.369 e. The molecular formula is C15H25N5O. The normalized spacial score (nSPS) is 21.9. The van der Waals surface area contributed by atoms with Gasteiger partial charge in [0.25, 0.3) is 5.91 Å². The van der Waals surface area contributed by atoms with Crippen LogP contribution in [0, 0.1) is 5.92 Å². The molecular weight excluding hydrogens is 266 g/mol. The molecule has 2 heterocycles. The van der Waals surface area contributed by atoms with Gasteiger partial charge in [0.05, 0.1) is 12.4 Å². The van der Waals surface area contributed by atoms with E-state index in [0.717, 1.165) is 26.1 Å². The van der Waals surface area contributed by atoms with E-state index >= 15 is 0 Å². The van der Waals surface area contributed by atoms with Crippen LogP contribution in [0.25, 0.3) is 0 Å². The van der Waals surface area contributed by atoms with Crippen LogP contribution in [0.2, 0.25) is 0 Å². The van der Waals surface area contributed by atoms with Gasteiger partial charge in [0.2, 0.25) is 0 Å². The molecule has 116 valence electrons. The summed E-state index contributed by atoms with van der Waals surface area (Å²) in [5, 5.41) is 3.16. The molecule has 2 unspecified atom stereocenters. The summed E-state index contributed by atoms with van der Waals surface area (Å²) in [4.78, 5) is 25.1. The third kappa shape index (κ3) is 3.69.